The van der Waals surface area contributed by atoms with Gasteiger partial charge in [0.05, 0.1) is 14.2 Å². The van der Waals surface area contributed by atoms with Crippen molar-refractivity contribution in [3.05, 3.63) is 83.3 Å². The number of nitrogens with one attached hydrogen (secondary N) is 1. The zero-order chi connectivity index (χ0) is 21.8. The Kier molecular flexibility index (Phi) is 6.09. The molecule has 0 unspecified atom stereocenters. The SMILES string of the molecule is COc1ccc(CCNC(=O)c2cn3cc(-c4cccc(Cl)c4)ccc3n2)cc1OC. The summed E-state index contributed by atoms with van der Waals surface area (Å²) >= 11 is 6.10. The number of ether oxygens (including phenoxy) is 2. The summed E-state index contributed by atoms with van der Waals surface area (Å²) in [6.45, 7) is 0.482. The van der Waals surface area contributed by atoms with Crippen molar-refractivity contribution in [2.24, 2.45) is 0 Å². The lowest BCUT2D eigenvalue weighted by Gasteiger charge is -2.09. The summed E-state index contributed by atoms with van der Waals surface area (Å²) in [5.74, 6) is 1.13. The number of nitrogens with zero attached hydrogens (tertiary/aromatic N) is 2. The lowest BCUT2D eigenvalue weighted by Crippen LogP contribution is -2.26. The van der Waals surface area contributed by atoms with Crippen LogP contribution < -0.4 is 14.8 Å². The number of pyridine rings is 1. The van der Waals surface area contributed by atoms with Gasteiger partial charge in [-0.2, -0.15) is 0 Å². The van der Waals surface area contributed by atoms with Crippen LogP contribution in [0.15, 0.2) is 67.0 Å². The second kappa shape index (κ2) is 9.10. The molecule has 2 aromatic heterocycles. The van der Waals surface area contributed by atoms with Crippen molar-refractivity contribution in [1.29, 1.82) is 0 Å². The van der Waals surface area contributed by atoms with Crippen LogP contribution in [0, 0.1) is 0 Å². The van der Waals surface area contributed by atoms with Crippen LogP contribution in [-0.2, 0) is 6.42 Å². The summed E-state index contributed by atoms with van der Waals surface area (Å²) in [6.07, 6.45) is 4.34. The standard InChI is InChI=1S/C24H22ClN3O3/c1-30-21-8-6-16(12-22(21)31-2)10-11-26-24(29)20-15-28-14-18(7-9-23(28)27-20)17-4-3-5-19(25)13-17/h3-9,12-15H,10-11H2,1-2H3,(H,26,29). The van der Waals surface area contributed by atoms with Gasteiger partial charge < -0.3 is 19.2 Å². The summed E-state index contributed by atoms with van der Waals surface area (Å²) in [4.78, 5) is 17.0. The topological polar surface area (TPSA) is 64.9 Å². The van der Waals surface area contributed by atoms with E-state index in [1.54, 1.807) is 20.4 Å². The van der Waals surface area contributed by atoms with E-state index in [1.165, 1.54) is 0 Å². The molecule has 0 fully saturated rings. The Hall–Kier alpha value is -3.51. The maximum absolute atomic E-state index is 12.6. The average molecular weight is 436 g/mol. The first-order valence-corrected chi connectivity index (χ1v) is 10.2. The van der Waals surface area contributed by atoms with Gasteiger partial charge in [-0.3, -0.25) is 4.79 Å². The summed E-state index contributed by atoms with van der Waals surface area (Å²) < 4.78 is 12.4. The highest BCUT2D eigenvalue weighted by Gasteiger charge is 2.12. The number of amides is 1. The van der Waals surface area contributed by atoms with E-state index in [0.29, 0.717) is 40.8 Å². The third-order valence-corrected chi connectivity index (χ3v) is 5.22. The monoisotopic (exact) mass is 435 g/mol. The van der Waals surface area contributed by atoms with Crippen LogP contribution in [0.2, 0.25) is 5.02 Å². The lowest BCUT2D eigenvalue weighted by molar-refractivity contribution is 0.0950. The fourth-order valence-corrected chi connectivity index (χ4v) is 3.58. The first kappa shape index (κ1) is 20.8. The Morgan fingerprint density at radius 2 is 1.84 bits per heavy atom. The smallest absolute Gasteiger partial charge is 0.271 e. The molecule has 6 nitrogen and oxygen atoms in total. The Bertz CT molecular complexity index is 1240. The van der Waals surface area contributed by atoms with Gasteiger partial charge in [-0.15, -0.1) is 0 Å². The molecule has 0 aliphatic carbocycles. The van der Waals surface area contributed by atoms with E-state index in [4.69, 9.17) is 21.1 Å². The number of carbonyl (C=O) groups is 1. The van der Waals surface area contributed by atoms with Crippen molar-refractivity contribution in [2.75, 3.05) is 20.8 Å². The highest BCUT2D eigenvalue weighted by molar-refractivity contribution is 6.30. The third kappa shape index (κ3) is 4.64. The molecule has 4 aromatic rings. The molecule has 7 heteroatoms. The van der Waals surface area contributed by atoms with Crippen molar-refractivity contribution in [3.8, 4) is 22.6 Å². The van der Waals surface area contributed by atoms with Gasteiger partial charge in [0.1, 0.15) is 11.3 Å². The van der Waals surface area contributed by atoms with Crippen molar-refractivity contribution >= 4 is 23.2 Å². The first-order chi connectivity index (χ1) is 15.1. The van der Waals surface area contributed by atoms with Crippen LogP contribution in [0.1, 0.15) is 16.1 Å². The number of carbonyl (C=O) groups excluding carboxylic acids is 1. The highest BCUT2D eigenvalue weighted by Crippen LogP contribution is 2.27. The molecule has 0 aliphatic rings. The molecule has 1 N–H and O–H groups in total. The first-order valence-electron chi connectivity index (χ1n) is 9.81. The molecule has 2 heterocycles. The van der Waals surface area contributed by atoms with Crippen LogP contribution in [-0.4, -0.2) is 36.1 Å². The molecule has 1 amide bonds. The van der Waals surface area contributed by atoms with Crippen molar-refractivity contribution < 1.29 is 14.3 Å². The molecule has 31 heavy (non-hydrogen) atoms. The number of hydrogen-bond acceptors (Lipinski definition) is 4. The van der Waals surface area contributed by atoms with Crippen LogP contribution in [0.25, 0.3) is 16.8 Å². The molecule has 2 aromatic carbocycles. The number of rotatable bonds is 7. The summed E-state index contributed by atoms with van der Waals surface area (Å²) in [5, 5.41) is 3.60. The molecule has 0 spiro atoms. The molecule has 0 bridgehead atoms. The van der Waals surface area contributed by atoms with Crippen LogP contribution >= 0.6 is 11.6 Å². The van der Waals surface area contributed by atoms with Crippen LogP contribution in [0.5, 0.6) is 11.5 Å². The van der Waals surface area contributed by atoms with Crippen LogP contribution in [0.4, 0.5) is 0 Å². The molecular weight excluding hydrogens is 414 g/mol. The average Bonchev–Trinajstić information content (AvgIpc) is 3.22. The number of aromatic nitrogens is 2. The summed E-state index contributed by atoms with van der Waals surface area (Å²) in [5.41, 5.74) is 4.11. The van der Waals surface area contributed by atoms with Gasteiger partial charge in [-0.25, -0.2) is 4.98 Å². The quantitative estimate of drug-likeness (QED) is 0.459. The predicted molar refractivity (Wildman–Crippen MR) is 121 cm³/mol. The van der Waals surface area contributed by atoms with Crippen molar-refractivity contribution in [3.63, 3.8) is 0 Å². The minimum atomic E-state index is -0.214. The molecule has 0 radical (unpaired) electrons. The van der Waals surface area contributed by atoms with E-state index < -0.39 is 0 Å². The third-order valence-electron chi connectivity index (χ3n) is 4.99. The Morgan fingerprint density at radius 1 is 1.00 bits per heavy atom. The second-order valence-electron chi connectivity index (χ2n) is 7.01. The Morgan fingerprint density at radius 3 is 2.61 bits per heavy atom. The van der Waals surface area contributed by atoms with Gasteiger partial charge in [0, 0.05) is 24.0 Å². The predicted octanol–water partition coefficient (Wildman–Crippen LogP) is 4.64. The number of imidazole rings is 1. The Balaban J connectivity index is 1.43. The summed E-state index contributed by atoms with van der Waals surface area (Å²) in [7, 11) is 3.20. The van der Waals surface area contributed by atoms with E-state index in [2.05, 4.69) is 10.3 Å². The lowest BCUT2D eigenvalue weighted by atomic mass is 10.1. The van der Waals surface area contributed by atoms with E-state index in [1.807, 2.05) is 65.2 Å². The maximum atomic E-state index is 12.6. The molecule has 4 rings (SSSR count). The van der Waals surface area contributed by atoms with Gasteiger partial charge in [-0.05, 0) is 59.5 Å². The highest BCUT2D eigenvalue weighted by atomic mass is 35.5. The molecule has 0 saturated carbocycles. The number of hydrogen-bond donors (Lipinski definition) is 1. The number of halogens is 1. The second-order valence-corrected chi connectivity index (χ2v) is 7.45. The normalized spacial score (nSPS) is 10.8. The minimum absolute atomic E-state index is 0.214. The van der Waals surface area contributed by atoms with Crippen molar-refractivity contribution in [2.45, 2.75) is 6.42 Å². The van der Waals surface area contributed by atoms with Crippen molar-refractivity contribution in [1.82, 2.24) is 14.7 Å². The fraction of sp³-hybridized carbons (Fsp3) is 0.167. The van der Waals surface area contributed by atoms with E-state index in [9.17, 15) is 4.79 Å². The molecule has 158 valence electrons. The zero-order valence-corrected chi connectivity index (χ0v) is 18.0. The van der Waals surface area contributed by atoms with Gasteiger partial charge in [-0.1, -0.05) is 29.8 Å². The molecule has 0 atom stereocenters. The summed E-state index contributed by atoms with van der Waals surface area (Å²) in [6, 6.07) is 17.2. The van der Waals surface area contributed by atoms with Gasteiger partial charge in [0.25, 0.3) is 5.91 Å². The van der Waals surface area contributed by atoms with Gasteiger partial charge >= 0.3 is 0 Å². The fourth-order valence-electron chi connectivity index (χ4n) is 3.39. The Labute approximate surface area is 185 Å². The number of methoxy groups -OCH3 is 2. The molecular formula is C24H22ClN3O3. The van der Waals surface area contributed by atoms with Crippen LogP contribution in [0.3, 0.4) is 0 Å². The van der Waals surface area contributed by atoms with E-state index in [0.717, 1.165) is 16.7 Å². The largest absolute Gasteiger partial charge is 0.493 e. The van der Waals surface area contributed by atoms with Gasteiger partial charge in [0.15, 0.2) is 11.5 Å². The number of fused-ring (bicyclic) bond motifs is 1. The minimum Gasteiger partial charge on any atom is -0.493 e. The zero-order valence-electron chi connectivity index (χ0n) is 17.3. The van der Waals surface area contributed by atoms with E-state index >= 15 is 0 Å². The number of benzene rings is 2. The molecule has 0 saturated heterocycles. The molecule has 0 aliphatic heterocycles. The van der Waals surface area contributed by atoms with Gasteiger partial charge in [0.2, 0.25) is 0 Å². The maximum Gasteiger partial charge on any atom is 0.271 e. The van der Waals surface area contributed by atoms with E-state index in [-0.39, 0.29) is 5.91 Å².